The van der Waals surface area contributed by atoms with Gasteiger partial charge in [0.2, 0.25) is 0 Å². The van der Waals surface area contributed by atoms with Gasteiger partial charge in [0.15, 0.2) is 11.9 Å². The van der Waals surface area contributed by atoms with Crippen molar-refractivity contribution in [1.82, 2.24) is 20.2 Å². The van der Waals surface area contributed by atoms with Gasteiger partial charge in [0, 0.05) is 46.0 Å². The Morgan fingerprint density at radius 3 is 2.65 bits per heavy atom. The van der Waals surface area contributed by atoms with E-state index < -0.39 is 12.0 Å². The molecule has 2 aromatic carbocycles. The number of carbonyl (C=O) groups excluding carboxylic acids is 1. The molecule has 2 aliphatic rings. The highest BCUT2D eigenvalue weighted by atomic mass is 32.2. The van der Waals surface area contributed by atoms with Crippen LogP contribution in [0, 0.1) is 5.92 Å². The summed E-state index contributed by atoms with van der Waals surface area (Å²) in [5.74, 6) is 3.53. The van der Waals surface area contributed by atoms with Crippen LogP contribution < -0.4 is 15.8 Å². The number of H-pyrrole nitrogens is 1. The molecule has 0 radical (unpaired) electrons. The highest BCUT2D eigenvalue weighted by molar-refractivity contribution is 7.98. The van der Waals surface area contributed by atoms with E-state index in [1.807, 2.05) is 54.4 Å². The third-order valence-electron chi connectivity index (χ3n) is 7.02. The zero-order valence-electron chi connectivity index (χ0n) is 20.3. The van der Waals surface area contributed by atoms with E-state index in [1.165, 1.54) is 0 Å². The van der Waals surface area contributed by atoms with Crippen LogP contribution in [0.15, 0.2) is 60.9 Å². The molecular weight excluding hydrogens is 484 g/mol. The van der Waals surface area contributed by atoms with Gasteiger partial charge in [-0.05, 0) is 42.7 Å². The van der Waals surface area contributed by atoms with Crippen molar-refractivity contribution in [3.05, 3.63) is 72.2 Å². The molecule has 1 unspecified atom stereocenters. The summed E-state index contributed by atoms with van der Waals surface area (Å²) in [5.41, 5.74) is 11.8. The molecule has 1 atom stereocenters. The molecule has 8 nitrogen and oxygen atoms in total. The van der Waals surface area contributed by atoms with Gasteiger partial charge in [0.25, 0.3) is 5.91 Å². The molecule has 0 spiro atoms. The number of ether oxygens (including phenoxy) is 1. The molecule has 0 bridgehead atoms. The van der Waals surface area contributed by atoms with Gasteiger partial charge >= 0.3 is 0 Å². The molecule has 188 valence electrons. The average Bonchev–Trinajstić information content (AvgIpc) is 3.71. The minimum Gasteiger partial charge on any atom is -0.480 e. The van der Waals surface area contributed by atoms with E-state index in [-0.39, 0.29) is 5.92 Å². The standard InChI is InChI=1S/C28H28N6O2S/c29-26(35)25(18-4-1-2-5-18)36-22-7-3-6-19(12-22)27-33-24-16-37-15-23(24)28(34-27)32-21-10-8-17(9-11-21)20-13-30-31-14-20/h3,6-14,18,25H,1-2,4-5,15-16H2,(H2,29,35)(H,30,31)(H,32,33,34). The van der Waals surface area contributed by atoms with E-state index in [1.54, 1.807) is 6.20 Å². The van der Waals surface area contributed by atoms with E-state index in [4.69, 9.17) is 20.4 Å². The Hall–Kier alpha value is -3.85. The van der Waals surface area contributed by atoms with Gasteiger partial charge in [0.1, 0.15) is 11.6 Å². The largest absolute Gasteiger partial charge is 0.480 e. The summed E-state index contributed by atoms with van der Waals surface area (Å²) in [5, 5.41) is 10.4. The Morgan fingerprint density at radius 1 is 1.05 bits per heavy atom. The van der Waals surface area contributed by atoms with Crippen molar-refractivity contribution in [1.29, 1.82) is 0 Å². The molecule has 4 N–H and O–H groups in total. The molecule has 9 heteroatoms. The van der Waals surface area contributed by atoms with Crippen molar-refractivity contribution in [2.24, 2.45) is 11.7 Å². The van der Waals surface area contributed by atoms with E-state index >= 15 is 0 Å². The number of nitrogens with one attached hydrogen (secondary N) is 2. The molecule has 1 fully saturated rings. The van der Waals surface area contributed by atoms with Crippen LogP contribution in [0.4, 0.5) is 11.5 Å². The van der Waals surface area contributed by atoms with Crippen LogP contribution in [0.25, 0.3) is 22.5 Å². The first kappa shape index (κ1) is 23.5. The van der Waals surface area contributed by atoms with Crippen LogP contribution in [0.3, 0.4) is 0 Å². The lowest BCUT2D eigenvalue weighted by Gasteiger charge is -2.22. The third kappa shape index (κ3) is 5.04. The fourth-order valence-corrected chi connectivity index (χ4v) is 6.12. The Morgan fingerprint density at radius 2 is 1.89 bits per heavy atom. The maximum atomic E-state index is 12.1. The van der Waals surface area contributed by atoms with Crippen LogP contribution >= 0.6 is 11.8 Å². The average molecular weight is 513 g/mol. The molecule has 0 saturated heterocycles. The van der Waals surface area contributed by atoms with Gasteiger partial charge in [-0.2, -0.15) is 16.9 Å². The van der Waals surface area contributed by atoms with Crippen molar-refractivity contribution in [2.45, 2.75) is 43.3 Å². The third-order valence-corrected chi connectivity index (χ3v) is 7.99. The maximum Gasteiger partial charge on any atom is 0.258 e. The number of thioether (sulfide) groups is 1. The summed E-state index contributed by atoms with van der Waals surface area (Å²) in [6.07, 6.45) is 7.23. The smallest absolute Gasteiger partial charge is 0.258 e. The molecular formula is C28H28N6O2S. The Kier molecular flexibility index (Phi) is 6.53. The predicted octanol–water partition coefficient (Wildman–Crippen LogP) is 5.45. The molecule has 1 aliphatic heterocycles. The molecule has 1 aliphatic carbocycles. The summed E-state index contributed by atoms with van der Waals surface area (Å²) in [6.45, 7) is 0. The van der Waals surface area contributed by atoms with Gasteiger partial charge in [-0.1, -0.05) is 37.1 Å². The summed E-state index contributed by atoms with van der Waals surface area (Å²) in [4.78, 5) is 21.9. The van der Waals surface area contributed by atoms with E-state index in [2.05, 4.69) is 27.6 Å². The fraction of sp³-hybridized carbons (Fsp3) is 0.286. The molecule has 4 aromatic rings. The van der Waals surface area contributed by atoms with Gasteiger partial charge in [-0.3, -0.25) is 9.89 Å². The fourth-order valence-electron chi connectivity index (χ4n) is 5.08. The first-order valence-electron chi connectivity index (χ1n) is 12.5. The molecule has 2 aromatic heterocycles. The molecule has 1 saturated carbocycles. The SMILES string of the molecule is NC(=O)C(Oc1cccc(-c2nc3c(c(Nc4ccc(-c5cn[nH]c5)cc4)n2)CSC3)c1)C1CCCC1. The second-order valence-electron chi connectivity index (χ2n) is 9.52. The molecule has 37 heavy (non-hydrogen) atoms. The van der Waals surface area contributed by atoms with Gasteiger partial charge in [-0.25, -0.2) is 9.97 Å². The van der Waals surface area contributed by atoms with Crippen molar-refractivity contribution in [2.75, 3.05) is 5.32 Å². The van der Waals surface area contributed by atoms with Gasteiger partial charge in [0.05, 0.1) is 11.9 Å². The number of fused-ring (bicyclic) bond motifs is 1. The number of nitrogens with zero attached hydrogens (tertiary/aromatic N) is 3. The predicted molar refractivity (Wildman–Crippen MR) is 145 cm³/mol. The molecule has 6 rings (SSSR count). The number of amides is 1. The summed E-state index contributed by atoms with van der Waals surface area (Å²) in [7, 11) is 0. The van der Waals surface area contributed by atoms with E-state index in [0.717, 1.165) is 76.6 Å². The number of rotatable bonds is 8. The lowest BCUT2D eigenvalue weighted by Crippen LogP contribution is -2.39. The number of nitrogens with two attached hydrogens (primary N) is 1. The number of hydrogen-bond donors (Lipinski definition) is 3. The number of anilines is 2. The van der Waals surface area contributed by atoms with Gasteiger partial charge in [-0.15, -0.1) is 0 Å². The lowest BCUT2D eigenvalue weighted by molar-refractivity contribution is -0.126. The Balaban J connectivity index is 1.27. The summed E-state index contributed by atoms with van der Waals surface area (Å²) in [6, 6.07) is 15.8. The monoisotopic (exact) mass is 512 g/mol. The van der Waals surface area contributed by atoms with Crippen LogP contribution in [-0.4, -0.2) is 32.2 Å². The second kappa shape index (κ2) is 10.3. The van der Waals surface area contributed by atoms with Crippen molar-refractivity contribution in [3.63, 3.8) is 0 Å². The number of aromatic nitrogens is 4. The van der Waals surface area contributed by atoms with Crippen LogP contribution in [0.1, 0.15) is 36.9 Å². The van der Waals surface area contributed by atoms with Crippen molar-refractivity contribution < 1.29 is 9.53 Å². The second-order valence-corrected chi connectivity index (χ2v) is 10.5. The number of hydrogen-bond acceptors (Lipinski definition) is 7. The highest BCUT2D eigenvalue weighted by Gasteiger charge is 2.31. The van der Waals surface area contributed by atoms with Crippen molar-refractivity contribution in [3.8, 4) is 28.3 Å². The number of primary amides is 1. The van der Waals surface area contributed by atoms with Gasteiger partial charge < -0.3 is 15.8 Å². The number of carbonyl (C=O) groups is 1. The normalized spacial score (nSPS) is 15.9. The first-order valence-corrected chi connectivity index (χ1v) is 13.7. The summed E-state index contributed by atoms with van der Waals surface area (Å²) < 4.78 is 6.13. The number of benzene rings is 2. The molecule has 1 amide bonds. The maximum absolute atomic E-state index is 12.1. The van der Waals surface area contributed by atoms with Crippen LogP contribution in [-0.2, 0) is 16.3 Å². The minimum atomic E-state index is -0.614. The Bertz CT molecular complexity index is 1400. The quantitative estimate of drug-likeness (QED) is 0.287. The topological polar surface area (TPSA) is 119 Å². The first-order chi connectivity index (χ1) is 18.1. The van der Waals surface area contributed by atoms with Crippen LogP contribution in [0.2, 0.25) is 0 Å². The van der Waals surface area contributed by atoms with Crippen LogP contribution in [0.5, 0.6) is 5.75 Å². The summed E-state index contributed by atoms with van der Waals surface area (Å²) >= 11 is 1.83. The number of aromatic amines is 1. The zero-order chi connectivity index (χ0) is 25.2. The highest BCUT2D eigenvalue weighted by Crippen LogP contribution is 2.37. The lowest BCUT2D eigenvalue weighted by atomic mass is 10.00. The molecule has 3 heterocycles. The minimum absolute atomic E-state index is 0.171. The van der Waals surface area contributed by atoms with E-state index in [0.29, 0.717) is 11.6 Å². The van der Waals surface area contributed by atoms with E-state index in [9.17, 15) is 4.79 Å². The van der Waals surface area contributed by atoms with Crippen molar-refractivity contribution >= 4 is 29.2 Å². The zero-order valence-corrected chi connectivity index (χ0v) is 21.1. The Labute approximate surface area is 219 Å².